The van der Waals surface area contributed by atoms with Gasteiger partial charge in [-0.3, -0.25) is 4.98 Å². The van der Waals surface area contributed by atoms with Crippen molar-refractivity contribution in [3.8, 4) is 23.0 Å². The summed E-state index contributed by atoms with van der Waals surface area (Å²) in [5, 5.41) is 1.68. The molecule has 0 saturated heterocycles. The van der Waals surface area contributed by atoms with Crippen molar-refractivity contribution in [2.24, 2.45) is 0 Å². The van der Waals surface area contributed by atoms with Crippen LogP contribution in [0.2, 0.25) is 0 Å². The number of benzene rings is 3. The Kier molecular flexibility index (Phi) is 7.56. The minimum atomic E-state index is -0.639. The predicted octanol–water partition coefficient (Wildman–Crippen LogP) is 5.03. The Labute approximate surface area is 209 Å². The Morgan fingerprint density at radius 2 is 1.47 bits per heavy atom. The number of aromatic nitrogens is 1. The molecule has 0 aliphatic rings. The van der Waals surface area contributed by atoms with Gasteiger partial charge in [0, 0.05) is 11.6 Å². The number of carbonyl (C=O) groups is 1. The Morgan fingerprint density at radius 1 is 0.806 bits per heavy atom. The van der Waals surface area contributed by atoms with E-state index >= 15 is 0 Å². The van der Waals surface area contributed by atoms with Crippen LogP contribution in [0.3, 0.4) is 0 Å². The maximum Gasteiger partial charge on any atom is 0.357 e. The van der Waals surface area contributed by atoms with Crippen LogP contribution in [-0.2, 0) is 4.84 Å². The Hall–Kier alpha value is -4.30. The summed E-state index contributed by atoms with van der Waals surface area (Å²) in [5.41, 5.74) is 5.60. The van der Waals surface area contributed by atoms with Gasteiger partial charge in [-0.25, -0.2) is 4.79 Å². The Bertz CT molecular complexity index is 1390. The first-order valence-corrected chi connectivity index (χ1v) is 11.3. The molecule has 1 atom stereocenters. The predicted molar refractivity (Wildman–Crippen MR) is 136 cm³/mol. The second-order valence-corrected chi connectivity index (χ2v) is 7.99. The summed E-state index contributed by atoms with van der Waals surface area (Å²) in [5.74, 6) is 1.77. The number of hydrogen-bond acceptors (Lipinski definition) is 8. The number of hydrogen-bond donors (Lipinski definition) is 1. The van der Waals surface area contributed by atoms with Crippen LogP contribution in [0.25, 0.3) is 10.8 Å². The standard InChI is InChI=1S/C28H28N2O6/c1-17-8-6-7-9-20(17)28(31)36-30-26(19-10-11-22(32-2)23(15-19)33-3)27-21-16-25(35-5)24(34-4)14-18(21)12-13-29-27/h6-16,26,30H,1-5H3/t26-/m0/s1. The minimum absolute atomic E-state index is 0.466. The molecule has 3 aromatic carbocycles. The largest absolute Gasteiger partial charge is 0.493 e. The van der Waals surface area contributed by atoms with E-state index in [-0.39, 0.29) is 0 Å². The Morgan fingerprint density at radius 3 is 2.17 bits per heavy atom. The minimum Gasteiger partial charge on any atom is -0.493 e. The summed E-state index contributed by atoms with van der Waals surface area (Å²) in [6.45, 7) is 1.86. The molecule has 1 heterocycles. The first-order chi connectivity index (χ1) is 17.5. The SMILES string of the molecule is COc1ccc([C@H](NOC(=O)c2ccccc2C)c2nccc3cc(OC)c(OC)cc23)cc1OC. The van der Waals surface area contributed by atoms with E-state index in [0.717, 1.165) is 21.9 Å². The molecular formula is C28H28N2O6. The molecule has 0 saturated carbocycles. The number of nitrogens with zero attached hydrogens (tertiary/aromatic N) is 1. The highest BCUT2D eigenvalue weighted by atomic mass is 16.7. The second-order valence-electron chi connectivity index (χ2n) is 7.99. The third-order valence-corrected chi connectivity index (χ3v) is 5.95. The summed E-state index contributed by atoms with van der Waals surface area (Å²) >= 11 is 0. The van der Waals surface area contributed by atoms with E-state index in [1.54, 1.807) is 52.8 Å². The summed E-state index contributed by atoms with van der Waals surface area (Å²) in [7, 11) is 6.30. The van der Waals surface area contributed by atoms with Gasteiger partial charge in [0.15, 0.2) is 23.0 Å². The van der Waals surface area contributed by atoms with Crippen molar-refractivity contribution in [3.63, 3.8) is 0 Å². The zero-order chi connectivity index (χ0) is 25.7. The van der Waals surface area contributed by atoms with Gasteiger partial charge < -0.3 is 23.8 Å². The topological polar surface area (TPSA) is 88.1 Å². The quantitative estimate of drug-likeness (QED) is 0.328. The third kappa shape index (κ3) is 4.89. The number of hydroxylamine groups is 1. The van der Waals surface area contributed by atoms with Crippen molar-refractivity contribution in [2.75, 3.05) is 28.4 Å². The smallest absolute Gasteiger partial charge is 0.357 e. The molecule has 0 radical (unpaired) electrons. The van der Waals surface area contributed by atoms with Crippen molar-refractivity contribution in [3.05, 3.63) is 89.2 Å². The normalized spacial score (nSPS) is 11.6. The molecule has 0 unspecified atom stereocenters. The molecule has 36 heavy (non-hydrogen) atoms. The molecule has 0 spiro atoms. The number of aryl methyl sites for hydroxylation is 1. The van der Waals surface area contributed by atoms with Crippen molar-refractivity contribution >= 4 is 16.7 Å². The lowest BCUT2D eigenvalue weighted by Gasteiger charge is -2.21. The van der Waals surface area contributed by atoms with E-state index in [1.165, 1.54) is 0 Å². The number of fused-ring (bicyclic) bond motifs is 1. The van der Waals surface area contributed by atoms with Crippen LogP contribution < -0.4 is 24.4 Å². The lowest BCUT2D eigenvalue weighted by Crippen LogP contribution is -2.27. The highest BCUT2D eigenvalue weighted by Crippen LogP contribution is 2.37. The van der Waals surface area contributed by atoms with Crippen LogP contribution in [-0.4, -0.2) is 39.4 Å². The van der Waals surface area contributed by atoms with Crippen molar-refractivity contribution < 1.29 is 28.6 Å². The van der Waals surface area contributed by atoms with Gasteiger partial charge in [0.05, 0.1) is 39.7 Å². The molecule has 0 aliphatic heterocycles. The molecule has 8 nitrogen and oxygen atoms in total. The van der Waals surface area contributed by atoms with Gasteiger partial charge in [-0.2, -0.15) is 0 Å². The Balaban J connectivity index is 1.82. The molecule has 0 fully saturated rings. The number of carbonyl (C=O) groups excluding carboxylic acids is 1. The fraction of sp³-hybridized carbons (Fsp3) is 0.214. The molecule has 0 bridgehead atoms. The summed E-state index contributed by atoms with van der Waals surface area (Å²) < 4.78 is 21.9. The van der Waals surface area contributed by atoms with Crippen LogP contribution in [0.4, 0.5) is 0 Å². The number of methoxy groups -OCH3 is 4. The van der Waals surface area contributed by atoms with E-state index in [4.69, 9.17) is 23.8 Å². The van der Waals surface area contributed by atoms with Crippen molar-refractivity contribution in [1.82, 2.24) is 10.5 Å². The zero-order valence-electron chi connectivity index (χ0n) is 20.8. The first kappa shape index (κ1) is 24.8. The average molecular weight is 489 g/mol. The van der Waals surface area contributed by atoms with Gasteiger partial charge in [-0.15, -0.1) is 5.48 Å². The zero-order valence-corrected chi connectivity index (χ0v) is 20.8. The van der Waals surface area contributed by atoms with Crippen LogP contribution in [0.1, 0.15) is 33.2 Å². The van der Waals surface area contributed by atoms with Gasteiger partial charge in [0.1, 0.15) is 6.04 Å². The maximum atomic E-state index is 12.9. The summed E-state index contributed by atoms with van der Waals surface area (Å²) in [6.07, 6.45) is 1.70. The fourth-order valence-corrected chi connectivity index (χ4v) is 4.04. The van der Waals surface area contributed by atoms with Gasteiger partial charge in [-0.05, 0) is 59.8 Å². The highest BCUT2D eigenvalue weighted by molar-refractivity contribution is 5.91. The van der Waals surface area contributed by atoms with E-state index in [2.05, 4.69) is 10.5 Å². The van der Waals surface area contributed by atoms with Crippen LogP contribution in [0, 0.1) is 6.92 Å². The fourth-order valence-electron chi connectivity index (χ4n) is 4.04. The van der Waals surface area contributed by atoms with Crippen molar-refractivity contribution in [1.29, 1.82) is 0 Å². The number of nitrogens with one attached hydrogen (secondary N) is 1. The lowest BCUT2D eigenvalue weighted by atomic mass is 9.98. The van der Waals surface area contributed by atoms with Gasteiger partial charge >= 0.3 is 5.97 Å². The molecule has 1 N–H and O–H groups in total. The summed E-state index contributed by atoms with van der Waals surface area (Å²) in [4.78, 5) is 23.2. The van der Waals surface area contributed by atoms with Crippen molar-refractivity contribution in [2.45, 2.75) is 13.0 Å². The molecule has 4 aromatic rings. The van der Waals surface area contributed by atoms with Crippen LogP contribution in [0.15, 0.2) is 66.9 Å². The number of rotatable bonds is 9. The lowest BCUT2D eigenvalue weighted by molar-refractivity contribution is 0.0186. The van der Waals surface area contributed by atoms with Crippen LogP contribution >= 0.6 is 0 Å². The number of ether oxygens (including phenoxy) is 4. The summed E-state index contributed by atoms with van der Waals surface area (Å²) in [6, 6.07) is 17.7. The monoisotopic (exact) mass is 488 g/mol. The van der Waals surface area contributed by atoms with Gasteiger partial charge in [-0.1, -0.05) is 24.3 Å². The molecule has 0 amide bonds. The van der Waals surface area contributed by atoms with Crippen LogP contribution in [0.5, 0.6) is 23.0 Å². The maximum absolute atomic E-state index is 12.9. The molecular weight excluding hydrogens is 460 g/mol. The average Bonchev–Trinajstić information content (AvgIpc) is 2.92. The van der Waals surface area contributed by atoms with Gasteiger partial charge in [0.2, 0.25) is 0 Å². The molecule has 1 aromatic heterocycles. The molecule has 8 heteroatoms. The third-order valence-electron chi connectivity index (χ3n) is 5.95. The van der Waals surface area contributed by atoms with E-state index in [9.17, 15) is 4.79 Å². The van der Waals surface area contributed by atoms with Gasteiger partial charge in [0.25, 0.3) is 0 Å². The molecule has 0 aliphatic carbocycles. The first-order valence-electron chi connectivity index (χ1n) is 11.3. The number of pyridine rings is 1. The van der Waals surface area contributed by atoms with E-state index in [0.29, 0.717) is 34.3 Å². The van der Waals surface area contributed by atoms with E-state index < -0.39 is 12.0 Å². The molecule has 186 valence electrons. The van der Waals surface area contributed by atoms with E-state index in [1.807, 2.05) is 49.4 Å². The second kappa shape index (κ2) is 11.0. The molecule has 4 rings (SSSR count). The highest BCUT2D eigenvalue weighted by Gasteiger charge is 2.24.